The summed E-state index contributed by atoms with van der Waals surface area (Å²) in [5, 5.41) is 8.44. The van der Waals surface area contributed by atoms with E-state index in [1.165, 1.54) is 0 Å². The number of carbonyl (C=O) groups is 1. The summed E-state index contributed by atoms with van der Waals surface area (Å²) in [7, 11) is 0. The number of carbonyl (C=O) groups excluding carboxylic acids is 1. The fourth-order valence-corrected chi connectivity index (χ4v) is 1.42. The SMILES string of the molecule is CCNc1ncc(F)c(NCCC(=O)NC(C)C)n1. The van der Waals surface area contributed by atoms with E-state index in [0.29, 0.717) is 19.0 Å². The van der Waals surface area contributed by atoms with Crippen molar-refractivity contribution in [3.8, 4) is 0 Å². The average Bonchev–Trinajstić information content (AvgIpc) is 2.32. The molecule has 1 heterocycles. The molecule has 0 spiro atoms. The fraction of sp³-hybridized carbons (Fsp3) is 0.583. The normalized spacial score (nSPS) is 10.4. The molecular weight excluding hydrogens is 249 g/mol. The average molecular weight is 269 g/mol. The molecule has 0 saturated heterocycles. The number of halogens is 1. The molecule has 0 saturated carbocycles. The van der Waals surface area contributed by atoms with Gasteiger partial charge in [-0.15, -0.1) is 0 Å². The molecule has 1 aromatic heterocycles. The van der Waals surface area contributed by atoms with Crippen LogP contribution in [0.2, 0.25) is 0 Å². The second-order valence-corrected chi connectivity index (χ2v) is 4.32. The molecule has 0 aliphatic heterocycles. The topological polar surface area (TPSA) is 78.9 Å². The lowest BCUT2D eigenvalue weighted by molar-refractivity contribution is -0.121. The van der Waals surface area contributed by atoms with Crippen molar-refractivity contribution in [2.45, 2.75) is 33.2 Å². The lowest BCUT2D eigenvalue weighted by Gasteiger charge is -2.10. The van der Waals surface area contributed by atoms with Crippen molar-refractivity contribution >= 4 is 17.7 Å². The van der Waals surface area contributed by atoms with Crippen LogP contribution >= 0.6 is 0 Å². The molecule has 0 aliphatic rings. The summed E-state index contributed by atoms with van der Waals surface area (Å²) in [5.41, 5.74) is 0. The van der Waals surface area contributed by atoms with Crippen LogP contribution < -0.4 is 16.0 Å². The summed E-state index contributed by atoms with van der Waals surface area (Å²) in [6, 6.07) is 0.101. The highest BCUT2D eigenvalue weighted by molar-refractivity contribution is 5.76. The Morgan fingerprint density at radius 2 is 2.16 bits per heavy atom. The molecule has 0 bridgehead atoms. The van der Waals surface area contributed by atoms with E-state index in [1.807, 2.05) is 20.8 Å². The van der Waals surface area contributed by atoms with Crippen LogP contribution in [0.15, 0.2) is 6.20 Å². The van der Waals surface area contributed by atoms with E-state index in [-0.39, 0.29) is 24.2 Å². The monoisotopic (exact) mass is 269 g/mol. The molecule has 19 heavy (non-hydrogen) atoms. The van der Waals surface area contributed by atoms with Gasteiger partial charge in [-0.3, -0.25) is 4.79 Å². The first-order chi connectivity index (χ1) is 9.02. The number of nitrogens with one attached hydrogen (secondary N) is 3. The van der Waals surface area contributed by atoms with Crippen molar-refractivity contribution in [3.63, 3.8) is 0 Å². The van der Waals surface area contributed by atoms with Gasteiger partial charge in [0.1, 0.15) is 0 Å². The van der Waals surface area contributed by atoms with Gasteiger partial charge in [-0.2, -0.15) is 4.98 Å². The minimum atomic E-state index is -0.536. The number of aromatic nitrogens is 2. The molecule has 0 radical (unpaired) electrons. The standard InChI is InChI=1S/C12H20FN5O/c1-4-14-12-16-7-9(13)11(18-12)15-6-5-10(19)17-8(2)3/h7-8H,4-6H2,1-3H3,(H,17,19)(H2,14,15,16,18). The van der Waals surface area contributed by atoms with Crippen LogP contribution in [-0.4, -0.2) is 35.0 Å². The van der Waals surface area contributed by atoms with E-state index in [2.05, 4.69) is 25.9 Å². The maximum Gasteiger partial charge on any atom is 0.224 e. The van der Waals surface area contributed by atoms with Crippen molar-refractivity contribution < 1.29 is 9.18 Å². The van der Waals surface area contributed by atoms with Crippen LogP contribution in [0.4, 0.5) is 16.2 Å². The Morgan fingerprint density at radius 3 is 2.79 bits per heavy atom. The molecule has 6 nitrogen and oxygen atoms in total. The maximum atomic E-state index is 13.4. The molecule has 0 unspecified atom stereocenters. The Balaban J connectivity index is 2.48. The summed E-state index contributed by atoms with van der Waals surface area (Å²) in [5.74, 6) is -0.156. The zero-order valence-corrected chi connectivity index (χ0v) is 11.5. The van der Waals surface area contributed by atoms with Crippen LogP contribution in [0.1, 0.15) is 27.2 Å². The van der Waals surface area contributed by atoms with Gasteiger partial charge in [-0.05, 0) is 20.8 Å². The van der Waals surface area contributed by atoms with E-state index >= 15 is 0 Å². The van der Waals surface area contributed by atoms with E-state index < -0.39 is 5.82 Å². The van der Waals surface area contributed by atoms with Gasteiger partial charge in [0.15, 0.2) is 11.6 Å². The molecule has 7 heteroatoms. The highest BCUT2D eigenvalue weighted by Crippen LogP contribution is 2.11. The lowest BCUT2D eigenvalue weighted by Crippen LogP contribution is -2.31. The first-order valence-corrected chi connectivity index (χ1v) is 6.32. The third-order valence-electron chi connectivity index (χ3n) is 2.17. The van der Waals surface area contributed by atoms with Crippen LogP contribution in [0, 0.1) is 5.82 Å². The molecule has 0 aromatic carbocycles. The third kappa shape index (κ3) is 5.50. The van der Waals surface area contributed by atoms with Crippen molar-refractivity contribution in [2.24, 2.45) is 0 Å². The molecule has 1 aromatic rings. The van der Waals surface area contributed by atoms with Gasteiger partial charge in [0, 0.05) is 25.6 Å². The number of nitrogens with zero attached hydrogens (tertiary/aromatic N) is 2. The number of anilines is 2. The first-order valence-electron chi connectivity index (χ1n) is 6.32. The Morgan fingerprint density at radius 1 is 1.42 bits per heavy atom. The Kier molecular flexibility index (Phi) is 5.98. The quantitative estimate of drug-likeness (QED) is 0.697. The number of rotatable bonds is 7. The van der Waals surface area contributed by atoms with Gasteiger partial charge in [0.2, 0.25) is 11.9 Å². The Labute approximate surface area is 112 Å². The minimum Gasteiger partial charge on any atom is -0.367 e. The predicted octanol–water partition coefficient (Wildman–Crippen LogP) is 1.37. The van der Waals surface area contributed by atoms with E-state index in [9.17, 15) is 9.18 Å². The molecular formula is C12H20FN5O. The molecule has 0 aliphatic carbocycles. The van der Waals surface area contributed by atoms with Crippen LogP contribution in [0.25, 0.3) is 0 Å². The second-order valence-electron chi connectivity index (χ2n) is 4.32. The summed E-state index contributed by atoms with van der Waals surface area (Å²) >= 11 is 0. The van der Waals surface area contributed by atoms with Crippen LogP contribution in [0.5, 0.6) is 0 Å². The Hall–Kier alpha value is -1.92. The highest BCUT2D eigenvalue weighted by Gasteiger charge is 2.07. The smallest absolute Gasteiger partial charge is 0.224 e. The molecule has 106 valence electrons. The summed E-state index contributed by atoms with van der Waals surface area (Å²) in [4.78, 5) is 19.2. The number of hydrogen-bond donors (Lipinski definition) is 3. The van der Waals surface area contributed by atoms with Crippen LogP contribution in [0.3, 0.4) is 0 Å². The summed E-state index contributed by atoms with van der Waals surface area (Å²) in [6.45, 7) is 6.65. The van der Waals surface area contributed by atoms with Gasteiger partial charge in [0.25, 0.3) is 0 Å². The zero-order valence-electron chi connectivity index (χ0n) is 11.5. The van der Waals surface area contributed by atoms with Crippen molar-refractivity contribution in [1.82, 2.24) is 15.3 Å². The number of amides is 1. The fourth-order valence-electron chi connectivity index (χ4n) is 1.42. The largest absolute Gasteiger partial charge is 0.367 e. The maximum absolute atomic E-state index is 13.4. The van der Waals surface area contributed by atoms with Gasteiger partial charge < -0.3 is 16.0 Å². The molecule has 3 N–H and O–H groups in total. The summed E-state index contributed by atoms with van der Waals surface area (Å²) < 4.78 is 13.4. The second kappa shape index (κ2) is 7.50. The molecule has 1 amide bonds. The minimum absolute atomic E-state index is 0.0797. The van der Waals surface area contributed by atoms with E-state index in [1.54, 1.807) is 0 Å². The van der Waals surface area contributed by atoms with Gasteiger partial charge >= 0.3 is 0 Å². The van der Waals surface area contributed by atoms with Gasteiger partial charge in [0.05, 0.1) is 6.20 Å². The molecule has 1 rings (SSSR count). The van der Waals surface area contributed by atoms with Crippen molar-refractivity contribution in [1.29, 1.82) is 0 Å². The zero-order chi connectivity index (χ0) is 14.3. The predicted molar refractivity (Wildman–Crippen MR) is 72.5 cm³/mol. The Bertz CT molecular complexity index is 425. The van der Waals surface area contributed by atoms with E-state index in [4.69, 9.17) is 0 Å². The highest BCUT2D eigenvalue weighted by atomic mass is 19.1. The van der Waals surface area contributed by atoms with Crippen LogP contribution in [-0.2, 0) is 4.79 Å². The van der Waals surface area contributed by atoms with Crippen molar-refractivity contribution in [3.05, 3.63) is 12.0 Å². The summed E-state index contributed by atoms with van der Waals surface area (Å²) in [6.07, 6.45) is 1.36. The van der Waals surface area contributed by atoms with Gasteiger partial charge in [-0.25, -0.2) is 9.37 Å². The van der Waals surface area contributed by atoms with Crippen molar-refractivity contribution in [2.75, 3.05) is 23.7 Å². The van der Waals surface area contributed by atoms with Gasteiger partial charge in [-0.1, -0.05) is 0 Å². The number of hydrogen-bond acceptors (Lipinski definition) is 5. The third-order valence-corrected chi connectivity index (χ3v) is 2.17. The molecule has 0 fully saturated rings. The molecule has 0 atom stereocenters. The first kappa shape index (κ1) is 15.1. The lowest BCUT2D eigenvalue weighted by atomic mass is 10.3. The van der Waals surface area contributed by atoms with E-state index in [0.717, 1.165) is 6.20 Å².